The lowest BCUT2D eigenvalue weighted by atomic mass is 10.1. The zero-order valence-electron chi connectivity index (χ0n) is 47.4. The Morgan fingerprint density at radius 1 is 0.274 bits per heavy atom. The van der Waals surface area contributed by atoms with Crippen LogP contribution in [0.1, 0.15) is 265 Å². The van der Waals surface area contributed by atoms with Crippen LogP contribution in [0.2, 0.25) is 0 Å². The summed E-state index contributed by atoms with van der Waals surface area (Å²) in [4.78, 5) is 38.2. The van der Waals surface area contributed by atoms with E-state index in [1.54, 1.807) is 0 Å². The number of allylic oxidation sites excluding steroid dienone is 20. The van der Waals surface area contributed by atoms with E-state index in [0.717, 1.165) is 96.3 Å². The van der Waals surface area contributed by atoms with E-state index in [4.69, 9.17) is 14.2 Å². The maximum Gasteiger partial charge on any atom is 0.306 e. The quantitative estimate of drug-likeness (QED) is 0.0261. The summed E-state index contributed by atoms with van der Waals surface area (Å²) in [6, 6.07) is 0. The van der Waals surface area contributed by atoms with Gasteiger partial charge in [0.05, 0.1) is 0 Å². The third-order valence-electron chi connectivity index (χ3n) is 12.4. The predicted octanol–water partition coefficient (Wildman–Crippen LogP) is 20.4. The van der Waals surface area contributed by atoms with Crippen molar-refractivity contribution >= 4 is 17.9 Å². The lowest BCUT2D eigenvalue weighted by Gasteiger charge is -2.18. The molecule has 6 heteroatoms. The molecule has 0 rings (SSSR count). The molecule has 0 saturated heterocycles. The van der Waals surface area contributed by atoms with Crippen molar-refractivity contribution in [2.45, 2.75) is 271 Å². The summed E-state index contributed by atoms with van der Waals surface area (Å²) in [5.41, 5.74) is 0. The molecule has 0 aromatic carbocycles. The standard InChI is InChI=1S/C67H110O6/c1-4-7-10-13-16-19-22-25-28-31-33-36-38-41-44-47-50-53-56-59-65(68)71-62-64(73-67(70)61-58-55-52-49-46-43-40-35-30-27-24-21-18-15-12-9-6-3)63-72-66(69)60-57-54-51-48-45-42-39-37-34-32-29-26-23-20-17-14-11-8-5-2/h16-21,25-30,33,36,40-41,43-44,50,53,64H,4-15,22-24,31-32,34-35,37-39,42,45-49,51-52,54-63H2,1-3H3/b19-16-,20-17-,21-18-,28-25-,29-26-,30-27-,36-33-,43-40-,44-41-,53-50-/t64-/m1/s1. The molecule has 0 aromatic rings. The first kappa shape index (κ1) is 68.8. The lowest BCUT2D eigenvalue weighted by molar-refractivity contribution is -0.166. The van der Waals surface area contributed by atoms with Crippen molar-refractivity contribution in [1.29, 1.82) is 0 Å². The highest BCUT2D eigenvalue weighted by Crippen LogP contribution is 2.14. The van der Waals surface area contributed by atoms with Gasteiger partial charge >= 0.3 is 17.9 Å². The molecule has 73 heavy (non-hydrogen) atoms. The number of carbonyl (C=O) groups excluding carboxylic acids is 3. The Labute approximate surface area is 450 Å². The average molecular weight is 1010 g/mol. The normalized spacial score (nSPS) is 13.0. The molecule has 0 aliphatic carbocycles. The van der Waals surface area contributed by atoms with E-state index >= 15 is 0 Å². The molecule has 0 unspecified atom stereocenters. The Balaban J connectivity index is 4.55. The summed E-state index contributed by atoms with van der Waals surface area (Å²) < 4.78 is 16.8. The largest absolute Gasteiger partial charge is 0.462 e. The molecule has 0 amide bonds. The zero-order chi connectivity index (χ0) is 52.9. The van der Waals surface area contributed by atoms with E-state index in [2.05, 4.69) is 136 Å². The lowest BCUT2D eigenvalue weighted by Crippen LogP contribution is -2.30. The molecule has 0 aliphatic rings. The molecule has 0 saturated carbocycles. The number of hydrogen-bond acceptors (Lipinski definition) is 6. The van der Waals surface area contributed by atoms with Crippen LogP contribution in [-0.2, 0) is 28.6 Å². The van der Waals surface area contributed by atoms with Gasteiger partial charge in [-0.05, 0) is 128 Å². The molecule has 0 spiro atoms. The molecule has 0 N–H and O–H groups in total. The fraction of sp³-hybridized carbons (Fsp3) is 0.657. The van der Waals surface area contributed by atoms with Crippen molar-refractivity contribution in [3.8, 4) is 0 Å². The van der Waals surface area contributed by atoms with Crippen LogP contribution in [0, 0.1) is 0 Å². The second kappa shape index (κ2) is 60.4. The number of carbonyl (C=O) groups is 3. The first-order valence-electron chi connectivity index (χ1n) is 30.0. The van der Waals surface area contributed by atoms with Crippen molar-refractivity contribution in [3.05, 3.63) is 122 Å². The third kappa shape index (κ3) is 58.6. The van der Waals surface area contributed by atoms with Crippen molar-refractivity contribution in [2.75, 3.05) is 13.2 Å². The molecular weight excluding hydrogens is 901 g/mol. The van der Waals surface area contributed by atoms with Crippen LogP contribution in [-0.4, -0.2) is 37.2 Å². The summed E-state index contributed by atoms with van der Waals surface area (Å²) in [5, 5.41) is 0. The summed E-state index contributed by atoms with van der Waals surface area (Å²) >= 11 is 0. The van der Waals surface area contributed by atoms with Gasteiger partial charge in [0, 0.05) is 19.3 Å². The van der Waals surface area contributed by atoms with Gasteiger partial charge in [-0.15, -0.1) is 0 Å². The third-order valence-corrected chi connectivity index (χ3v) is 12.4. The van der Waals surface area contributed by atoms with E-state index in [1.807, 2.05) is 6.08 Å². The minimum Gasteiger partial charge on any atom is -0.462 e. The van der Waals surface area contributed by atoms with Crippen LogP contribution in [0.4, 0.5) is 0 Å². The molecule has 0 bridgehead atoms. The minimum absolute atomic E-state index is 0.115. The van der Waals surface area contributed by atoms with Crippen LogP contribution < -0.4 is 0 Å². The van der Waals surface area contributed by atoms with Gasteiger partial charge in [0.1, 0.15) is 13.2 Å². The van der Waals surface area contributed by atoms with E-state index < -0.39 is 6.10 Å². The fourth-order valence-electron chi connectivity index (χ4n) is 7.87. The van der Waals surface area contributed by atoms with Crippen LogP contribution in [0.25, 0.3) is 0 Å². The molecule has 1 atom stereocenters. The second-order valence-corrected chi connectivity index (χ2v) is 19.5. The minimum atomic E-state index is -0.826. The van der Waals surface area contributed by atoms with Crippen LogP contribution >= 0.6 is 0 Å². The first-order chi connectivity index (χ1) is 36.0. The summed E-state index contributed by atoms with van der Waals surface area (Å²) in [6.45, 7) is 6.48. The Morgan fingerprint density at radius 3 is 0.849 bits per heavy atom. The Hall–Kier alpha value is -4.19. The number of ether oxygens (including phenoxy) is 3. The fourth-order valence-corrected chi connectivity index (χ4v) is 7.87. The molecule has 414 valence electrons. The van der Waals surface area contributed by atoms with Gasteiger partial charge in [-0.1, -0.05) is 239 Å². The van der Waals surface area contributed by atoms with Crippen LogP contribution in [0.3, 0.4) is 0 Å². The number of esters is 3. The highest BCUT2D eigenvalue weighted by atomic mass is 16.6. The van der Waals surface area contributed by atoms with Gasteiger partial charge in [0.15, 0.2) is 6.10 Å². The maximum absolute atomic E-state index is 12.9. The summed E-state index contributed by atoms with van der Waals surface area (Å²) in [7, 11) is 0. The molecule has 0 aromatic heterocycles. The molecule has 0 fully saturated rings. The van der Waals surface area contributed by atoms with Crippen molar-refractivity contribution in [1.82, 2.24) is 0 Å². The predicted molar refractivity (Wildman–Crippen MR) is 316 cm³/mol. The Morgan fingerprint density at radius 2 is 0.521 bits per heavy atom. The van der Waals surface area contributed by atoms with E-state index in [0.29, 0.717) is 12.8 Å². The summed E-state index contributed by atoms with van der Waals surface area (Å²) in [5.74, 6) is -1.03. The number of hydrogen-bond donors (Lipinski definition) is 0. The van der Waals surface area contributed by atoms with E-state index in [1.165, 1.54) is 122 Å². The van der Waals surface area contributed by atoms with Crippen LogP contribution in [0.5, 0.6) is 0 Å². The Kier molecular flexibility index (Phi) is 56.9. The first-order valence-corrected chi connectivity index (χ1v) is 30.0. The maximum atomic E-state index is 12.9. The zero-order valence-corrected chi connectivity index (χ0v) is 47.4. The smallest absolute Gasteiger partial charge is 0.306 e. The molecule has 0 radical (unpaired) electrons. The van der Waals surface area contributed by atoms with Gasteiger partial charge < -0.3 is 14.2 Å². The monoisotopic (exact) mass is 1010 g/mol. The van der Waals surface area contributed by atoms with E-state index in [9.17, 15) is 14.4 Å². The average Bonchev–Trinajstić information content (AvgIpc) is 3.39. The highest BCUT2D eigenvalue weighted by molar-refractivity contribution is 5.71. The van der Waals surface area contributed by atoms with Gasteiger partial charge in [0.2, 0.25) is 0 Å². The SMILES string of the molecule is CCCCC/C=C\C/C=C\C/C=C\C/C=C\C/C=C\CCC(=O)OC[C@H](COC(=O)CCCCCCCCCCC/C=C\C/C=C\CCCCC)OC(=O)CCCCCC/C=C\C/C=C\C/C=C\CCCCC. The summed E-state index contributed by atoms with van der Waals surface area (Å²) in [6.07, 6.45) is 83.4. The van der Waals surface area contributed by atoms with Crippen molar-refractivity contribution < 1.29 is 28.6 Å². The van der Waals surface area contributed by atoms with Gasteiger partial charge in [-0.3, -0.25) is 14.4 Å². The Bertz CT molecular complexity index is 1540. The molecule has 0 aliphatic heterocycles. The molecule has 0 heterocycles. The molecule has 6 nitrogen and oxygen atoms in total. The van der Waals surface area contributed by atoms with Crippen LogP contribution in [0.15, 0.2) is 122 Å². The van der Waals surface area contributed by atoms with Gasteiger partial charge in [0.25, 0.3) is 0 Å². The van der Waals surface area contributed by atoms with Gasteiger partial charge in [-0.25, -0.2) is 0 Å². The number of unbranched alkanes of at least 4 members (excludes halogenated alkanes) is 22. The van der Waals surface area contributed by atoms with Crippen molar-refractivity contribution in [3.63, 3.8) is 0 Å². The second-order valence-electron chi connectivity index (χ2n) is 19.5. The van der Waals surface area contributed by atoms with Crippen molar-refractivity contribution in [2.24, 2.45) is 0 Å². The topological polar surface area (TPSA) is 78.9 Å². The highest BCUT2D eigenvalue weighted by Gasteiger charge is 2.19. The number of rotatable bonds is 53. The molecular formula is C67H110O6. The van der Waals surface area contributed by atoms with E-state index in [-0.39, 0.29) is 44.0 Å². The van der Waals surface area contributed by atoms with Gasteiger partial charge in [-0.2, -0.15) is 0 Å².